The Hall–Kier alpha value is -2.86. The highest BCUT2D eigenvalue weighted by Gasteiger charge is 2.27. The number of piperidine rings is 1. The number of carbonyl (C=O) groups is 2. The first-order chi connectivity index (χ1) is 15.4. The van der Waals surface area contributed by atoms with Crippen molar-refractivity contribution in [2.75, 3.05) is 20.2 Å². The molecule has 1 atom stereocenters. The van der Waals surface area contributed by atoms with Gasteiger partial charge in [0.15, 0.2) is 0 Å². The van der Waals surface area contributed by atoms with Crippen LogP contribution in [0.2, 0.25) is 0 Å². The fourth-order valence-electron chi connectivity index (χ4n) is 4.09. The molecule has 1 unspecified atom stereocenters. The first-order valence-corrected chi connectivity index (χ1v) is 11.4. The molecule has 2 aromatic rings. The number of amides is 2. The molecule has 1 saturated heterocycles. The Morgan fingerprint density at radius 2 is 1.78 bits per heavy atom. The number of hydrogen-bond donors (Lipinski definition) is 2. The van der Waals surface area contributed by atoms with E-state index in [1.165, 1.54) is 5.56 Å². The lowest BCUT2D eigenvalue weighted by Crippen LogP contribution is -2.48. The van der Waals surface area contributed by atoms with Gasteiger partial charge in [0, 0.05) is 32.1 Å². The summed E-state index contributed by atoms with van der Waals surface area (Å²) in [5.41, 5.74) is 2.03. The summed E-state index contributed by atoms with van der Waals surface area (Å²) in [5.74, 6) is 0.871. The van der Waals surface area contributed by atoms with Gasteiger partial charge in [0.2, 0.25) is 11.8 Å². The lowest BCUT2D eigenvalue weighted by Gasteiger charge is -2.33. The van der Waals surface area contributed by atoms with Crippen LogP contribution < -0.4 is 15.4 Å². The molecular weight excluding hydrogens is 402 g/mol. The third-order valence-corrected chi connectivity index (χ3v) is 5.77. The maximum atomic E-state index is 13.1. The molecule has 0 spiro atoms. The lowest BCUT2D eigenvalue weighted by molar-refractivity contribution is -0.130. The molecule has 3 rings (SSSR count). The Morgan fingerprint density at radius 3 is 2.44 bits per heavy atom. The van der Waals surface area contributed by atoms with Gasteiger partial charge in [-0.15, -0.1) is 0 Å². The van der Waals surface area contributed by atoms with Gasteiger partial charge in [-0.25, -0.2) is 0 Å². The number of benzene rings is 2. The Bertz CT molecular complexity index is 877. The van der Waals surface area contributed by atoms with E-state index < -0.39 is 6.04 Å². The van der Waals surface area contributed by atoms with Gasteiger partial charge in [-0.2, -0.15) is 0 Å². The highest BCUT2D eigenvalue weighted by atomic mass is 16.5. The number of carbonyl (C=O) groups excluding carboxylic acids is 2. The average Bonchev–Trinajstić information content (AvgIpc) is 2.79. The van der Waals surface area contributed by atoms with Crippen LogP contribution in [0, 0.1) is 5.92 Å². The molecule has 32 heavy (non-hydrogen) atoms. The van der Waals surface area contributed by atoms with Crippen molar-refractivity contribution in [1.82, 2.24) is 15.5 Å². The molecule has 0 bridgehead atoms. The first-order valence-electron chi connectivity index (χ1n) is 11.4. The third kappa shape index (κ3) is 7.09. The summed E-state index contributed by atoms with van der Waals surface area (Å²) in [6.45, 7) is 6.69. The van der Waals surface area contributed by atoms with Crippen molar-refractivity contribution in [3.05, 3.63) is 65.7 Å². The molecule has 2 amide bonds. The zero-order valence-corrected chi connectivity index (χ0v) is 19.3. The molecule has 6 heteroatoms. The number of nitrogens with zero attached hydrogens (tertiary/aromatic N) is 1. The molecule has 2 aromatic carbocycles. The number of nitrogens with one attached hydrogen (secondary N) is 2. The molecule has 1 fully saturated rings. The van der Waals surface area contributed by atoms with Crippen molar-refractivity contribution in [3.8, 4) is 5.75 Å². The zero-order chi connectivity index (χ0) is 22.9. The van der Waals surface area contributed by atoms with Crippen LogP contribution in [0.5, 0.6) is 5.75 Å². The Labute approximate surface area is 191 Å². The Kier molecular flexibility index (Phi) is 8.68. The first kappa shape index (κ1) is 23.8. The molecule has 0 saturated carbocycles. The largest absolute Gasteiger partial charge is 0.497 e. The minimum atomic E-state index is -0.669. The summed E-state index contributed by atoms with van der Waals surface area (Å²) < 4.78 is 5.32. The van der Waals surface area contributed by atoms with E-state index in [-0.39, 0.29) is 23.8 Å². The van der Waals surface area contributed by atoms with Crippen molar-refractivity contribution >= 4 is 11.8 Å². The summed E-state index contributed by atoms with van der Waals surface area (Å²) in [7, 11) is 1.68. The monoisotopic (exact) mass is 437 g/mol. The molecule has 0 radical (unpaired) electrons. The van der Waals surface area contributed by atoms with Gasteiger partial charge < -0.3 is 15.4 Å². The number of hydrogen-bond acceptors (Lipinski definition) is 4. The maximum Gasteiger partial charge on any atom is 0.247 e. The van der Waals surface area contributed by atoms with E-state index in [2.05, 4.69) is 27.7 Å². The van der Waals surface area contributed by atoms with Crippen LogP contribution in [0.1, 0.15) is 50.3 Å². The predicted octanol–water partition coefficient (Wildman–Crippen LogP) is 3.68. The normalized spacial score (nSPS) is 15.9. The van der Waals surface area contributed by atoms with Crippen LogP contribution >= 0.6 is 0 Å². The van der Waals surface area contributed by atoms with E-state index >= 15 is 0 Å². The number of ether oxygens (including phenoxy) is 1. The highest BCUT2D eigenvalue weighted by Crippen LogP contribution is 2.19. The summed E-state index contributed by atoms with van der Waals surface area (Å²) in [4.78, 5) is 27.9. The average molecular weight is 438 g/mol. The number of likely N-dealkylation sites (tertiary alicyclic amines) is 1. The number of methoxy groups -OCH3 is 1. The van der Waals surface area contributed by atoms with E-state index in [0.29, 0.717) is 6.42 Å². The predicted molar refractivity (Wildman–Crippen MR) is 126 cm³/mol. The summed E-state index contributed by atoms with van der Waals surface area (Å²) in [6, 6.07) is 17.0. The van der Waals surface area contributed by atoms with Gasteiger partial charge in [-0.05, 0) is 42.0 Å². The van der Waals surface area contributed by atoms with Crippen LogP contribution in [0.25, 0.3) is 0 Å². The van der Waals surface area contributed by atoms with Crippen molar-refractivity contribution in [2.24, 2.45) is 5.92 Å². The van der Waals surface area contributed by atoms with Crippen LogP contribution in [0.3, 0.4) is 0 Å². The van der Waals surface area contributed by atoms with Crippen LogP contribution in [0.4, 0.5) is 0 Å². The van der Waals surface area contributed by atoms with Crippen LogP contribution in [-0.2, 0) is 16.1 Å². The molecule has 0 aromatic heterocycles. The van der Waals surface area contributed by atoms with Crippen LogP contribution in [0.15, 0.2) is 54.6 Å². The summed E-state index contributed by atoms with van der Waals surface area (Å²) >= 11 is 0. The Morgan fingerprint density at radius 1 is 1.06 bits per heavy atom. The maximum absolute atomic E-state index is 13.1. The molecule has 0 aliphatic carbocycles. The minimum absolute atomic E-state index is 0.0999. The van der Waals surface area contributed by atoms with E-state index in [0.717, 1.165) is 43.8 Å². The minimum Gasteiger partial charge on any atom is -0.497 e. The molecule has 6 nitrogen and oxygen atoms in total. The van der Waals surface area contributed by atoms with Crippen molar-refractivity contribution in [3.63, 3.8) is 0 Å². The summed E-state index contributed by atoms with van der Waals surface area (Å²) in [5, 5.41) is 6.11. The fourth-order valence-corrected chi connectivity index (χ4v) is 4.09. The Balaban J connectivity index is 1.55. The molecule has 1 heterocycles. The third-order valence-electron chi connectivity index (χ3n) is 5.77. The van der Waals surface area contributed by atoms with Crippen molar-refractivity contribution in [1.29, 1.82) is 0 Å². The van der Waals surface area contributed by atoms with E-state index in [9.17, 15) is 9.59 Å². The fraction of sp³-hybridized carbons (Fsp3) is 0.462. The van der Waals surface area contributed by atoms with Gasteiger partial charge >= 0.3 is 0 Å². The van der Waals surface area contributed by atoms with Gasteiger partial charge in [0.05, 0.1) is 7.11 Å². The molecule has 172 valence electrons. The highest BCUT2D eigenvalue weighted by molar-refractivity contribution is 5.88. The second kappa shape index (κ2) is 11.7. The van der Waals surface area contributed by atoms with E-state index in [1.54, 1.807) is 7.11 Å². The lowest BCUT2D eigenvalue weighted by atomic mass is 10.0. The quantitative estimate of drug-likeness (QED) is 0.628. The van der Waals surface area contributed by atoms with Crippen molar-refractivity contribution in [2.45, 2.75) is 51.7 Å². The molecule has 2 N–H and O–H groups in total. The zero-order valence-electron chi connectivity index (χ0n) is 19.3. The van der Waals surface area contributed by atoms with Gasteiger partial charge in [0.1, 0.15) is 11.8 Å². The smallest absolute Gasteiger partial charge is 0.247 e. The topological polar surface area (TPSA) is 70.7 Å². The van der Waals surface area contributed by atoms with Crippen LogP contribution in [-0.4, -0.2) is 43.0 Å². The molecule has 1 aliphatic rings. The van der Waals surface area contributed by atoms with Gasteiger partial charge in [-0.3, -0.25) is 14.5 Å². The van der Waals surface area contributed by atoms with E-state index in [1.807, 2.05) is 56.3 Å². The summed E-state index contributed by atoms with van der Waals surface area (Å²) in [6.07, 6.45) is 2.17. The molecule has 1 aliphatic heterocycles. The second-order valence-corrected chi connectivity index (χ2v) is 8.92. The van der Waals surface area contributed by atoms with E-state index in [4.69, 9.17) is 4.74 Å². The van der Waals surface area contributed by atoms with Crippen molar-refractivity contribution < 1.29 is 14.3 Å². The van der Waals surface area contributed by atoms with Gasteiger partial charge in [-0.1, -0.05) is 56.3 Å². The standard InChI is InChI=1S/C26H35N3O3/c1-19(2)16-24(30)28-25(21-9-5-4-6-10-21)26(31)27-22-12-14-29(15-13-22)18-20-8-7-11-23(17-20)32-3/h4-11,17,19,22,25H,12-16,18H2,1-3H3,(H,27,31)(H,28,30). The van der Waals surface area contributed by atoms with Gasteiger partial charge in [0.25, 0.3) is 0 Å². The second-order valence-electron chi connectivity index (χ2n) is 8.92. The SMILES string of the molecule is COc1cccc(CN2CCC(NC(=O)C(NC(=O)CC(C)C)c3ccccc3)CC2)c1. The number of rotatable bonds is 9. The molecular formula is C26H35N3O3.